The first-order valence-electron chi connectivity index (χ1n) is 12.1. The molecule has 188 valence electrons. The van der Waals surface area contributed by atoms with Gasteiger partial charge < -0.3 is 24.1 Å². The summed E-state index contributed by atoms with van der Waals surface area (Å²) in [7, 11) is -2.42. The van der Waals surface area contributed by atoms with Crippen LogP contribution in [0.5, 0.6) is 5.75 Å². The Morgan fingerprint density at radius 3 is 1.97 bits per heavy atom. The van der Waals surface area contributed by atoms with Crippen molar-refractivity contribution < 1.29 is 37.7 Å². The van der Waals surface area contributed by atoms with Gasteiger partial charge in [-0.2, -0.15) is 0 Å². The summed E-state index contributed by atoms with van der Waals surface area (Å²) in [5.41, 5.74) is 0. The van der Waals surface area contributed by atoms with E-state index in [0.717, 1.165) is 38.5 Å². The van der Waals surface area contributed by atoms with Gasteiger partial charge in [0, 0.05) is 24.4 Å². The van der Waals surface area contributed by atoms with Crippen molar-refractivity contribution in [1.82, 2.24) is 0 Å². The third-order valence-electron chi connectivity index (χ3n) is 5.30. The normalized spacial score (nSPS) is 25.7. The first-order chi connectivity index (χ1) is 16.1. The lowest BCUT2D eigenvalue weighted by Crippen LogP contribution is -2.61. The highest BCUT2D eigenvalue weighted by Crippen LogP contribution is 2.32. The van der Waals surface area contributed by atoms with E-state index in [1.165, 1.54) is 0 Å². The van der Waals surface area contributed by atoms with Crippen LogP contribution in [0.3, 0.4) is 0 Å². The molecule has 1 saturated heterocycles. The number of ether oxygens (including phenoxy) is 4. The zero-order chi connectivity index (χ0) is 23.9. The average Bonchev–Trinajstić information content (AvgIpc) is 2.81. The Balaban J connectivity index is 2.08. The molecule has 1 aromatic rings. The molecule has 2 rings (SSSR count). The van der Waals surface area contributed by atoms with Crippen molar-refractivity contribution in [3.8, 4) is 5.75 Å². The highest BCUT2D eigenvalue weighted by molar-refractivity contribution is 7.33. The Labute approximate surface area is 198 Å². The van der Waals surface area contributed by atoms with Gasteiger partial charge in [0.15, 0.2) is 12.0 Å². The molecule has 1 fully saturated rings. The molecule has 1 aliphatic rings. The van der Waals surface area contributed by atoms with E-state index in [-0.39, 0.29) is 6.61 Å². The van der Waals surface area contributed by atoms with E-state index in [2.05, 4.69) is 20.8 Å². The highest BCUT2D eigenvalue weighted by Gasteiger charge is 2.48. The van der Waals surface area contributed by atoms with Crippen LogP contribution in [-0.4, -0.2) is 62.2 Å². The lowest BCUT2D eigenvalue weighted by Gasteiger charge is -2.44. The SMILES string of the molecule is CCCCOC1[C@H](OCCCC)C(CO[P+](=O)Oc2ccccc2)OC(O)[C@@H]1OCCCC. The fourth-order valence-electron chi connectivity index (χ4n) is 3.42. The van der Waals surface area contributed by atoms with Gasteiger partial charge in [0.05, 0.1) is 0 Å². The molecule has 1 N–H and O–H groups in total. The maximum absolute atomic E-state index is 12.3. The number of hydrogen-bond acceptors (Lipinski definition) is 8. The van der Waals surface area contributed by atoms with E-state index in [4.69, 9.17) is 28.0 Å². The molecule has 6 atom stereocenters. The monoisotopic (exact) mass is 487 g/mol. The van der Waals surface area contributed by atoms with Crippen molar-refractivity contribution in [2.24, 2.45) is 0 Å². The molecule has 0 spiro atoms. The fraction of sp³-hybridized carbons (Fsp3) is 0.750. The predicted molar refractivity (Wildman–Crippen MR) is 125 cm³/mol. The minimum absolute atomic E-state index is 0.0782. The molecule has 9 heteroatoms. The van der Waals surface area contributed by atoms with Crippen molar-refractivity contribution in [3.05, 3.63) is 30.3 Å². The van der Waals surface area contributed by atoms with Crippen LogP contribution >= 0.6 is 8.25 Å². The summed E-state index contributed by atoms with van der Waals surface area (Å²) >= 11 is 0. The van der Waals surface area contributed by atoms with Crippen LogP contribution in [0.1, 0.15) is 59.3 Å². The number of para-hydroxylation sites is 1. The molecule has 0 bridgehead atoms. The van der Waals surface area contributed by atoms with Gasteiger partial charge in [-0.1, -0.05) is 58.2 Å². The van der Waals surface area contributed by atoms with Crippen LogP contribution in [0, 0.1) is 0 Å². The van der Waals surface area contributed by atoms with Crippen molar-refractivity contribution in [2.45, 2.75) is 90.0 Å². The molecule has 1 heterocycles. The summed E-state index contributed by atoms with van der Waals surface area (Å²) in [6.07, 6.45) is 1.93. The number of benzene rings is 1. The van der Waals surface area contributed by atoms with Gasteiger partial charge in [-0.15, -0.1) is 4.52 Å². The maximum atomic E-state index is 12.3. The van der Waals surface area contributed by atoms with Crippen molar-refractivity contribution in [1.29, 1.82) is 0 Å². The number of rotatable bonds is 17. The molecule has 1 aliphatic heterocycles. The van der Waals surface area contributed by atoms with E-state index in [1.54, 1.807) is 24.3 Å². The summed E-state index contributed by atoms with van der Waals surface area (Å²) in [6, 6.07) is 8.81. The van der Waals surface area contributed by atoms with Crippen LogP contribution in [0.4, 0.5) is 0 Å². The number of aliphatic hydroxyl groups is 1. The summed E-state index contributed by atoms with van der Waals surface area (Å²) in [5.74, 6) is 0.448. The molecule has 0 aromatic heterocycles. The van der Waals surface area contributed by atoms with Gasteiger partial charge >= 0.3 is 8.25 Å². The number of aliphatic hydroxyl groups excluding tert-OH is 1. The van der Waals surface area contributed by atoms with Crippen molar-refractivity contribution in [3.63, 3.8) is 0 Å². The summed E-state index contributed by atoms with van der Waals surface area (Å²) < 4.78 is 47.2. The minimum Gasteiger partial charge on any atom is -0.373 e. The average molecular weight is 488 g/mol. The van der Waals surface area contributed by atoms with Crippen molar-refractivity contribution in [2.75, 3.05) is 26.4 Å². The minimum atomic E-state index is -2.42. The predicted octanol–water partition coefficient (Wildman–Crippen LogP) is 5.01. The Kier molecular flexibility index (Phi) is 14.1. The molecule has 0 radical (unpaired) electrons. The Hall–Kier alpha value is -1.12. The largest absolute Gasteiger partial charge is 0.750 e. The van der Waals surface area contributed by atoms with Gasteiger partial charge in [-0.05, 0) is 31.4 Å². The first-order valence-corrected chi connectivity index (χ1v) is 13.2. The van der Waals surface area contributed by atoms with Gasteiger partial charge in [0.1, 0.15) is 31.0 Å². The third kappa shape index (κ3) is 9.95. The third-order valence-corrected chi connectivity index (χ3v) is 6.02. The molecule has 4 unspecified atom stereocenters. The molecule has 0 amide bonds. The van der Waals surface area contributed by atoms with E-state index in [0.29, 0.717) is 25.6 Å². The van der Waals surface area contributed by atoms with Crippen LogP contribution in [-0.2, 0) is 28.0 Å². The number of hydrogen-bond donors (Lipinski definition) is 1. The van der Waals surface area contributed by atoms with Crippen LogP contribution < -0.4 is 4.52 Å². The van der Waals surface area contributed by atoms with Gasteiger partial charge in [0.2, 0.25) is 0 Å². The smallest absolute Gasteiger partial charge is 0.373 e. The van der Waals surface area contributed by atoms with E-state index >= 15 is 0 Å². The van der Waals surface area contributed by atoms with Crippen LogP contribution in [0.15, 0.2) is 30.3 Å². The van der Waals surface area contributed by atoms with Crippen molar-refractivity contribution >= 4 is 8.25 Å². The quantitative estimate of drug-likeness (QED) is 0.242. The molecule has 0 saturated carbocycles. The molecule has 1 aromatic carbocycles. The second-order valence-corrected chi connectivity index (χ2v) is 8.94. The molecule has 0 aliphatic carbocycles. The van der Waals surface area contributed by atoms with E-state index in [1.807, 2.05) is 6.07 Å². The summed E-state index contributed by atoms with van der Waals surface area (Å²) in [6.45, 7) is 7.71. The van der Waals surface area contributed by atoms with Gasteiger partial charge in [-0.25, -0.2) is 4.52 Å². The Morgan fingerprint density at radius 1 is 0.848 bits per heavy atom. The molecule has 8 nitrogen and oxygen atoms in total. The van der Waals surface area contributed by atoms with E-state index in [9.17, 15) is 9.67 Å². The van der Waals surface area contributed by atoms with Crippen LogP contribution in [0.2, 0.25) is 0 Å². The zero-order valence-corrected chi connectivity index (χ0v) is 21.0. The summed E-state index contributed by atoms with van der Waals surface area (Å²) in [5, 5.41) is 10.7. The lowest BCUT2D eigenvalue weighted by atomic mass is 9.98. The maximum Gasteiger partial charge on any atom is 0.750 e. The molecule has 33 heavy (non-hydrogen) atoms. The fourth-order valence-corrected chi connectivity index (χ4v) is 4.03. The zero-order valence-electron chi connectivity index (χ0n) is 20.1. The topological polar surface area (TPSA) is 92.7 Å². The number of unbranched alkanes of at least 4 members (excludes halogenated alkanes) is 3. The Morgan fingerprint density at radius 2 is 1.39 bits per heavy atom. The van der Waals surface area contributed by atoms with E-state index < -0.39 is 39.0 Å². The second-order valence-electron chi connectivity index (χ2n) is 8.06. The molecular weight excluding hydrogens is 447 g/mol. The van der Waals surface area contributed by atoms with Gasteiger partial charge in [0.25, 0.3) is 0 Å². The molecular formula is C24H40O8P+. The second kappa shape index (κ2) is 16.5. The highest BCUT2D eigenvalue weighted by atomic mass is 31.1. The first kappa shape index (κ1) is 28.1. The lowest BCUT2D eigenvalue weighted by molar-refractivity contribution is -0.309. The standard InChI is InChI=1S/C24H40O8P/c1-4-7-15-27-21-20(18-30-33(26)32-19-13-11-10-12-14-19)31-24(25)23(29-17-9-6-3)22(21)28-16-8-5-2/h10-14,20-25H,4-9,15-18H2,1-3H3/q+1/t20?,21-,22?,23-,24?/m1/s1. The summed E-state index contributed by atoms with van der Waals surface area (Å²) in [4.78, 5) is 0. The Bertz CT molecular complexity index is 647. The van der Waals surface area contributed by atoms with Gasteiger partial charge in [-0.3, -0.25) is 0 Å². The van der Waals surface area contributed by atoms with Crippen LogP contribution in [0.25, 0.3) is 0 Å².